The smallest absolute Gasteiger partial charge is 0.255 e. The summed E-state index contributed by atoms with van der Waals surface area (Å²) < 4.78 is 3.46. The Kier molecular flexibility index (Phi) is 5.19. The van der Waals surface area contributed by atoms with Crippen LogP contribution in [0.3, 0.4) is 0 Å². The van der Waals surface area contributed by atoms with E-state index in [9.17, 15) is 4.79 Å². The Bertz CT molecular complexity index is 1080. The summed E-state index contributed by atoms with van der Waals surface area (Å²) in [6, 6.07) is 9.90. The molecule has 0 saturated heterocycles. The van der Waals surface area contributed by atoms with Crippen LogP contribution in [-0.4, -0.2) is 46.9 Å². The molecule has 3 heterocycles. The Balaban J connectivity index is 1.42. The van der Waals surface area contributed by atoms with E-state index in [1.807, 2.05) is 50.5 Å². The van der Waals surface area contributed by atoms with Gasteiger partial charge >= 0.3 is 0 Å². The fourth-order valence-corrected chi connectivity index (χ4v) is 3.19. The predicted octanol–water partition coefficient (Wildman–Crippen LogP) is 1.81. The molecule has 148 valence electrons. The van der Waals surface area contributed by atoms with Gasteiger partial charge in [-0.25, -0.2) is 4.68 Å². The molecule has 0 radical (unpaired) electrons. The van der Waals surface area contributed by atoms with Gasteiger partial charge < -0.3 is 5.32 Å². The Hall–Kier alpha value is -3.75. The van der Waals surface area contributed by atoms with Crippen molar-refractivity contribution in [2.45, 2.75) is 25.9 Å². The Morgan fingerprint density at radius 3 is 2.83 bits per heavy atom. The zero-order chi connectivity index (χ0) is 20.2. The van der Waals surface area contributed by atoms with E-state index in [1.165, 1.54) is 0 Å². The van der Waals surface area contributed by atoms with Gasteiger partial charge in [-0.3, -0.25) is 14.6 Å². The van der Waals surface area contributed by atoms with Crippen LogP contribution in [0.15, 0.2) is 55.1 Å². The molecule has 0 saturated carbocycles. The molecule has 4 rings (SSSR count). The maximum absolute atomic E-state index is 12.8. The SMILES string of the molecule is C[C@H](Cn1cc(-c2cn[nH]c2)nn1)NC(=O)c1cnn(C)c1Cc1ccccc1. The number of carbonyl (C=O) groups is 1. The van der Waals surface area contributed by atoms with Crippen LogP contribution in [0.25, 0.3) is 11.3 Å². The number of nitrogens with one attached hydrogen (secondary N) is 2. The molecule has 0 unspecified atom stereocenters. The van der Waals surface area contributed by atoms with Crippen molar-refractivity contribution < 1.29 is 4.79 Å². The predicted molar refractivity (Wildman–Crippen MR) is 107 cm³/mol. The second-order valence-electron chi connectivity index (χ2n) is 6.98. The number of amides is 1. The fourth-order valence-electron chi connectivity index (χ4n) is 3.19. The molecule has 1 amide bonds. The summed E-state index contributed by atoms with van der Waals surface area (Å²) in [5.41, 5.74) is 4.20. The number of hydrogen-bond acceptors (Lipinski definition) is 5. The van der Waals surface area contributed by atoms with Crippen LogP contribution >= 0.6 is 0 Å². The molecule has 9 heteroatoms. The standard InChI is InChI=1S/C20H22N8O/c1-14(12-28-13-18(25-26-28)16-9-21-22-10-16)24-20(29)17-11-23-27(2)19(17)8-15-6-4-3-5-7-15/h3-7,9-11,13-14H,8,12H2,1-2H3,(H,21,22)(H,24,29)/t14-/m1/s1. The van der Waals surface area contributed by atoms with Gasteiger partial charge in [-0.2, -0.15) is 10.2 Å². The minimum atomic E-state index is -0.147. The summed E-state index contributed by atoms with van der Waals surface area (Å²) in [4.78, 5) is 12.8. The van der Waals surface area contributed by atoms with E-state index < -0.39 is 0 Å². The average molecular weight is 390 g/mol. The minimum Gasteiger partial charge on any atom is -0.348 e. The quantitative estimate of drug-likeness (QED) is 0.501. The first-order valence-corrected chi connectivity index (χ1v) is 9.35. The molecule has 9 nitrogen and oxygen atoms in total. The van der Waals surface area contributed by atoms with E-state index >= 15 is 0 Å². The van der Waals surface area contributed by atoms with Crippen molar-refractivity contribution in [2.75, 3.05) is 0 Å². The van der Waals surface area contributed by atoms with Crippen LogP contribution in [0.1, 0.15) is 28.5 Å². The van der Waals surface area contributed by atoms with Crippen molar-refractivity contribution in [1.29, 1.82) is 0 Å². The highest BCUT2D eigenvalue weighted by molar-refractivity contribution is 5.95. The lowest BCUT2D eigenvalue weighted by atomic mass is 10.1. The highest BCUT2D eigenvalue weighted by atomic mass is 16.1. The van der Waals surface area contributed by atoms with Crippen molar-refractivity contribution in [2.24, 2.45) is 7.05 Å². The summed E-state index contributed by atoms with van der Waals surface area (Å²) in [7, 11) is 1.85. The van der Waals surface area contributed by atoms with Gasteiger partial charge in [0, 0.05) is 31.3 Å². The number of aromatic amines is 1. The molecule has 0 spiro atoms. The van der Waals surface area contributed by atoms with Crippen LogP contribution < -0.4 is 5.32 Å². The summed E-state index contributed by atoms with van der Waals surface area (Å²) >= 11 is 0. The van der Waals surface area contributed by atoms with Crippen molar-refractivity contribution in [1.82, 2.24) is 40.3 Å². The summed E-state index contributed by atoms with van der Waals surface area (Å²) in [6.07, 6.45) is 7.54. The number of aryl methyl sites for hydroxylation is 1. The van der Waals surface area contributed by atoms with Crippen molar-refractivity contribution >= 4 is 5.91 Å². The average Bonchev–Trinajstić information content (AvgIpc) is 3.45. The zero-order valence-electron chi connectivity index (χ0n) is 16.3. The molecule has 0 fully saturated rings. The number of nitrogens with zero attached hydrogens (tertiary/aromatic N) is 6. The number of rotatable bonds is 7. The van der Waals surface area contributed by atoms with Crippen molar-refractivity contribution in [3.05, 3.63) is 71.9 Å². The van der Waals surface area contributed by atoms with Gasteiger partial charge in [0.25, 0.3) is 5.91 Å². The highest BCUT2D eigenvalue weighted by Crippen LogP contribution is 2.15. The molecule has 29 heavy (non-hydrogen) atoms. The Morgan fingerprint density at radius 1 is 1.24 bits per heavy atom. The lowest BCUT2D eigenvalue weighted by molar-refractivity contribution is 0.0935. The van der Waals surface area contributed by atoms with E-state index in [0.717, 1.165) is 22.5 Å². The molecule has 0 bridgehead atoms. The maximum Gasteiger partial charge on any atom is 0.255 e. The third-order valence-electron chi connectivity index (χ3n) is 4.69. The second-order valence-corrected chi connectivity index (χ2v) is 6.98. The topological polar surface area (TPSA) is 106 Å². The maximum atomic E-state index is 12.8. The largest absolute Gasteiger partial charge is 0.348 e. The lowest BCUT2D eigenvalue weighted by Gasteiger charge is -2.14. The van der Waals surface area contributed by atoms with Crippen LogP contribution in [0, 0.1) is 0 Å². The molecule has 4 aromatic rings. The molecule has 0 aliphatic rings. The molecule has 2 N–H and O–H groups in total. The van der Waals surface area contributed by atoms with E-state index in [2.05, 4.69) is 30.9 Å². The number of H-pyrrole nitrogens is 1. The zero-order valence-corrected chi connectivity index (χ0v) is 16.3. The normalized spacial score (nSPS) is 12.1. The summed E-state index contributed by atoms with van der Waals surface area (Å²) in [5, 5.41) is 22.2. The van der Waals surface area contributed by atoms with Crippen LogP contribution in [0.5, 0.6) is 0 Å². The van der Waals surface area contributed by atoms with Gasteiger partial charge in [-0.15, -0.1) is 5.10 Å². The Morgan fingerprint density at radius 2 is 2.07 bits per heavy atom. The molecule has 0 aliphatic heterocycles. The van der Waals surface area contributed by atoms with Crippen molar-refractivity contribution in [3.63, 3.8) is 0 Å². The number of benzene rings is 1. The first-order valence-electron chi connectivity index (χ1n) is 9.35. The highest BCUT2D eigenvalue weighted by Gasteiger charge is 2.18. The Labute approximate surface area is 167 Å². The first kappa shape index (κ1) is 18.6. The van der Waals surface area contributed by atoms with Gasteiger partial charge in [0.15, 0.2) is 0 Å². The molecule has 1 atom stereocenters. The number of aromatic nitrogens is 7. The molecule has 3 aromatic heterocycles. The minimum absolute atomic E-state index is 0.133. The van der Waals surface area contributed by atoms with E-state index in [0.29, 0.717) is 18.5 Å². The second kappa shape index (κ2) is 8.09. The molecule has 0 aliphatic carbocycles. The number of hydrogen-bond donors (Lipinski definition) is 2. The van der Waals surface area contributed by atoms with E-state index in [1.54, 1.807) is 28.0 Å². The lowest BCUT2D eigenvalue weighted by Crippen LogP contribution is -2.36. The first-order chi connectivity index (χ1) is 14.1. The summed E-state index contributed by atoms with van der Waals surface area (Å²) in [6.45, 7) is 2.44. The molecular formula is C20H22N8O. The van der Waals surface area contributed by atoms with Gasteiger partial charge in [-0.1, -0.05) is 35.5 Å². The molecule has 1 aromatic carbocycles. The molecular weight excluding hydrogens is 368 g/mol. The summed E-state index contributed by atoms with van der Waals surface area (Å²) in [5.74, 6) is -0.147. The third kappa shape index (κ3) is 4.23. The van der Waals surface area contributed by atoms with E-state index in [4.69, 9.17) is 0 Å². The van der Waals surface area contributed by atoms with Crippen LogP contribution in [0.2, 0.25) is 0 Å². The van der Waals surface area contributed by atoms with E-state index in [-0.39, 0.29) is 11.9 Å². The van der Waals surface area contributed by atoms with Crippen LogP contribution in [0.4, 0.5) is 0 Å². The monoisotopic (exact) mass is 390 g/mol. The van der Waals surface area contributed by atoms with Gasteiger partial charge in [0.2, 0.25) is 0 Å². The number of carbonyl (C=O) groups excluding carboxylic acids is 1. The van der Waals surface area contributed by atoms with Crippen LogP contribution in [-0.2, 0) is 20.0 Å². The third-order valence-corrected chi connectivity index (χ3v) is 4.69. The van der Waals surface area contributed by atoms with Gasteiger partial charge in [0.05, 0.1) is 36.4 Å². The fraction of sp³-hybridized carbons (Fsp3) is 0.250. The van der Waals surface area contributed by atoms with Crippen molar-refractivity contribution in [3.8, 4) is 11.3 Å². The van der Waals surface area contributed by atoms with Gasteiger partial charge in [-0.05, 0) is 12.5 Å². The van der Waals surface area contributed by atoms with Gasteiger partial charge in [0.1, 0.15) is 5.69 Å².